The van der Waals surface area contributed by atoms with E-state index in [1.165, 1.54) is 12.0 Å². The van der Waals surface area contributed by atoms with E-state index in [1.54, 1.807) is 7.11 Å². The van der Waals surface area contributed by atoms with Gasteiger partial charge in [-0.25, -0.2) is 0 Å². The van der Waals surface area contributed by atoms with Crippen molar-refractivity contribution >= 4 is 0 Å². The highest BCUT2D eigenvalue weighted by Crippen LogP contribution is 2.19. The minimum atomic E-state index is 1.03. The fraction of sp³-hybridized carbons (Fsp3) is 0.556. The van der Waals surface area contributed by atoms with E-state index in [0.29, 0.717) is 0 Å². The minimum absolute atomic E-state index is 1.03. The Labute approximate surface area is 62.4 Å². The van der Waals surface area contributed by atoms with Gasteiger partial charge in [0.1, 0.15) is 5.76 Å². The molecule has 0 amide bonds. The first-order valence-corrected chi connectivity index (χ1v) is 3.80. The highest BCUT2D eigenvalue weighted by Gasteiger charge is 2.02. The SMILES string of the molecule is CCC1=CC(OC)=CCC1. The van der Waals surface area contributed by atoms with E-state index in [1.807, 2.05) is 0 Å². The maximum atomic E-state index is 5.11. The maximum Gasteiger partial charge on any atom is 0.114 e. The van der Waals surface area contributed by atoms with Gasteiger partial charge >= 0.3 is 0 Å². The molecular formula is C9H14O. The van der Waals surface area contributed by atoms with Crippen molar-refractivity contribution in [2.45, 2.75) is 26.2 Å². The molecule has 0 aromatic heterocycles. The van der Waals surface area contributed by atoms with E-state index in [2.05, 4.69) is 19.1 Å². The fourth-order valence-electron chi connectivity index (χ4n) is 1.15. The van der Waals surface area contributed by atoms with Crippen molar-refractivity contribution in [1.82, 2.24) is 0 Å². The Morgan fingerprint density at radius 2 is 2.40 bits per heavy atom. The molecule has 0 aromatic rings. The molecule has 0 atom stereocenters. The van der Waals surface area contributed by atoms with Gasteiger partial charge in [0.2, 0.25) is 0 Å². The van der Waals surface area contributed by atoms with Gasteiger partial charge in [0.15, 0.2) is 0 Å². The highest BCUT2D eigenvalue weighted by atomic mass is 16.5. The second-order valence-corrected chi connectivity index (χ2v) is 2.51. The summed E-state index contributed by atoms with van der Waals surface area (Å²) in [6, 6.07) is 0. The molecular weight excluding hydrogens is 124 g/mol. The maximum absolute atomic E-state index is 5.11. The lowest BCUT2D eigenvalue weighted by Crippen LogP contribution is -1.92. The van der Waals surface area contributed by atoms with Crippen molar-refractivity contribution in [3.63, 3.8) is 0 Å². The molecule has 1 aliphatic rings. The molecule has 0 radical (unpaired) electrons. The minimum Gasteiger partial charge on any atom is -0.497 e. The molecule has 0 saturated carbocycles. The van der Waals surface area contributed by atoms with Gasteiger partial charge in [-0.2, -0.15) is 0 Å². The van der Waals surface area contributed by atoms with Crippen LogP contribution in [0, 0.1) is 0 Å². The number of rotatable bonds is 2. The molecule has 56 valence electrons. The highest BCUT2D eigenvalue weighted by molar-refractivity contribution is 5.22. The van der Waals surface area contributed by atoms with Crippen LogP contribution in [0.3, 0.4) is 0 Å². The molecule has 1 rings (SSSR count). The molecule has 0 aromatic carbocycles. The molecule has 10 heavy (non-hydrogen) atoms. The Morgan fingerprint density at radius 3 is 3.00 bits per heavy atom. The average Bonchev–Trinajstić information content (AvgIpc) is 2.05. The summed E-state index contributed by atoms with van der Waals surface area (Å²) >= 11 is 0. The van der Waals surface area contributed by atoms with E-state index >= 15 is 0 Å². The van der Waals surface area contributed by atoms with Crippen LogP contribution in [0.1, 0.15) is 26.2 Å². The van der Waals surface area contributed by atoms with E-state index in [-0.39, 0.29) is 0 Å². The standard InChI is InChI=1S/C9H14O/c1-3-8-5-4-6-9(7-8)10-2/h6-7H,3-5H2,1-2H3. The molecule has 0 unspecified atom stereocenters. The number of methoxy groups -OCH3 is 1. The van der Waals surface area contributed by atoms with Crippen LogP contribution < -0.4 is 0 Å². The van der Waals surface area contributed by atoms with Crippen LogP contribution in [0.5, 0.6) is 0 Å². The van der Waals surface area contributed by atoms with Gasteiger partial charge in [0.25, 0.3) is 0 Å². The number of allylic oxidation sites excluding steroid dienone is 3. The second kappa shape index (κ2) is 3.45. The predicted molar refractivity (Wildman–Crippen MR) is 42.7 cm³/mol. The topological polar surface area (TPSA) is 9.23 Å². The van der Waals surface area contributed by atoms with Crippen LogP contribution in [-0.2, 0) is 4.74 Å². The van der Waals surface area contributed by atoms with Crippen molar-refractivity contribution in [2.24, 2.45) is 0 Å². The summed E-state index contributed by atoms with van der Waals surface area (Å²) in [6.07, 6.45) is 7.79. The summed E-state index contributed by atoms with van der Waals surface area (Å²) < 4.78 is 5.11. The first-order chi connectivity index (χ1) is 4.86. The molecule has 0 heterocycles. The molecule has 1 heteroatoms. The summed E-state index contributed by atoms with van der Waals surface area (Å²) in [5.74, 6) is 1.03. The third-order valence-corrected chi connectivity index (χ3v) is 1.85. The van der Waals surface area contributed by atoms with Crippen molar-refractivity contribution in [3.8, 4) is 0 Å². The zero-order valence-corrected chi connectivity index (χ0v) is 6.68. The van der Waals surface area contributed by atoms with Crippen molar-refractivity contribution in [1.29, 1.82) is 0 Å². The normalized spacial score (nSPS) is 17.8. The zero-order chi connectivity index (χ0) is 7.40. The van der Waals surface area contributed by atoms with Gasteiger partial charge in [-0.15, -0.1) is 0 Å². The Morgan fingerprint density at radius 1 is 1.60 bits per heavy atom. The van der Waals surface area contributed by atoms with Crippen molar-refractivity contribution in [2.75, 3.05) is 7.11 Å². The average molecular weight is 138 g/mol. The molecule has 1 nitrogen and oxygen atoms in total. The Kier molecular flexibility index (Phi) is 2.55. The van der Waals surface area contributed by atoms with E-state index in [0.717, 1.165) is 18.6 Å². The lowest BCUT2D eigenvalue weighted by atomic mass is 10.0. The first kappa shape index (κ1) is 7.39. The lowest BCUT2D eigenvalue weighted by molar-refractivity contribution is 0.302. The van der Waals surface area contributed by atoms with Crippen molar-refractivity contribution in [3.05, 3.63) is 23.5 Å². The van der Waals surface area contributed by atoms with Crippen LogP contribution in [0.25, 0.3) is 0 Å². The third kappa shape index (κ3) is 1.63. The van der Waals surface area contributed by atoms with Gasteiger partial charge in [0, 0.05) is 0 Å². The summed E-state index contributed by atoms with van der Waals surface area (Å²) in [5.41, 5.74) is 1.50. The molecule has 0 saturated heterocycles. The number of ether oxygens (including phenoxy) is 1. The molecule has 0 spiro atoms. The van der Waals surface area contributed by atoms with Crippen LogP contribution >= 0.6 is 0 Å². The monoisotopic (exact) mass is 138 g/mol. The van der Waals surface area contributed by atoms with Gasteiger partial charge in [-0.05, 0) is 31.4 Å². The van der Waals surface area contributed by atoms with Crippen LogP contribution in [0.15, 0.2) is 23.5 Å². The van der Waals surface area contributed by atoms with E-state index < -0.39 is 0 Å². The second-order valence-electron chi connectivity index (χ2n) is 2.51. The van der Waals surface area contributed by atoms with Gasteiger partial charge in [-0.3, -0.25) is 0 Å². The Bertz CT molecular complexity index is 166. The quantitative estimate of drug-likeness (QED) is 0.570. The molecule has 1 aliphatic carbocycles. The van der Waals surface area contributed by atoms with Gasteiger partial charge in [-0.1, -0.05) is 12.5 Å². The van der Waals surface area contributed by atoms with Crippen molar-refractivity contribution < 1.29 is 4.74 Å². The molecule has 0 N–H and O–H groups in total. The van der Waals surface area contributed by atoms with Crippen LogP contribution in [0.2, 0.25) is 0 Å². The van der Waals surface area contributed by atoms with E-state index in [4.69, 9.17) is 4.74 Å². The molecule has 0 aliphatic heterocycles. The Hall–Kier alpha value is -0.720. The van der Waals surface area contributed by atoms with Gasteiger partial charge < -0.3 is 4.74 Å². The Balaban J connectivity index is 2.61. The largest absolute Gasteiger partial charge is 0.497 e. The van der Waals surface area contributed by atoms with Gasteiger partial charge in [0.05, 0.1) is 7.11 Å². The number of hydrogen-bond donors (Lipinski definition) is 0. The fourth-order valence-corrected chi connectivity index (χ4v) is 1.15. The third-order valence-electron chi connectivity index (χ3n) is 1.85. The summed E-state index contributed by atoms with van der Waals surface area (Å²) in [6.45, 7) is 2.18. The van der Waals surface area contributed by atoms with Crippen LogP contribution in [-0.4, -0.2) is 7.11 Å². The summed E-state index contributed by atoms with van der Waals surface area (Å²) in [5, 5.41) is 0. The van der Waals surface area contributed by atoms with Crippen LogP contribution in [0.4, 0.5) is 0 Å². The summed E-state index contributed by atoms with van der Waals surface area (Å²) in [4.78, 5) is 0. The van der Waals surface area contributed by atoms with E-state index in [9.17, 15) is 0 Å². The summed E-state index contributed by atoms with van der Waals surface area (Å²) in [7, 11) is 1.72. The predicted octanol–water partition coefficient (Wildman–Crippen LogP) is 2.65. The zero-order valence-electron chi connectivity index (χ0n) is 6.68. The lowest BCUT2D eigenvalue weighted by Gasteiger charge is -2.10. The number of hydrogen-bond acceptors (Lipinski definition) is 1. The first-order valence-electron chi connectivity index (χ1n) is 3.80. The molecule has 0 bridgehead atoms. The smallest absolute Gasteiger partial charge is 0.114 e. The molecule has 0 fully saturated rings.